The van der Waals surface area contributed by atoms with Crippen LogP contribution in [0.5, 0.6) is 0 Å². The van der Waals surface area contributed by atoms with Crippen LogP contribution in [0.2, 0.25) is 0 Å². The third-order valence-corrected chi connectivity index (χ3v) is 6.45. The second-order valence-corrected chi connectivity index (χ2v) is 7.93. The first-order valence-electron chi connectivity index (χ1n) is 9.72. The predicted molar refractivity (Wildman–Crippen MR) is 97.7 cm³/mol. The van der Waals surface area contributed by atoms with Crippen LogP contribution >= 0.6 is 0 Å². The number of anilines is 1. The Morgan fingerprint density at radius 2 is 2.08 bits per heavy atom. The minimum Gasteiger partial charge on any atom is -0.356 e. The number of rotatable bonds is 2. The number of carbonyl (C=O) groups excluding carboxylic acids is 1. The number of piperazine rings is 1. The van der Waals surface area contributed by atoms with Crippen molar-refractivity contribution in [2.75, 3.05) is 38.1 Å². The van der Waals surface area contributed by atoms with Crippen molar-refractivity contribution in [2.24, 2.45) is 0 Å². The maximum absolute atomic E-state index is 11.8. The molecule has 3 aliphatic rings. The molecule has 3 fully saturated rings. The fourth-order valence-corrected chi connectivity index (χ4v) is 4.73. The van der Waals surface area contributed by atoms with E-state index < -0.39 is 0 Å². The molecule has 25 heavy (non-hydrogen) atoms. The first-order chi connectivity index (χ1) is 12.2. The molecule has 0 radical (unpaired) electrons. The summed E-state index contributed by atoms with van der Waals surface area (Å²) in [5, 5.41) is 3.02. The van der Waals surface area contributed by atoms with Crippen molar-refractivity contribution < 1.29 is 4.79 Å². The lowest BCUT2D eigenvalue weighted by molar-refractivity contribution is -0.120. The second-order valence-electron chi connectivity index (χ2n) is 7.93. The Morgan fingerprint density at radius 1 is 1.24 bits per heavy atom. The smallest absolute Gasteiger partial charge is 0.225 e. The third-order valence-electron chi connectivity index (χ3n) is 6.45. The number of hydrogen-bond acceptors (Lipinski definition) is 5. The lowest BCUT2D eigenvalue weighted by Gasteiger charge is -2.49. The molecule has 0 aromatic carbocycles. The zero-order valence-electron chi connectivity index (χ0n) is 15.2. The number of nitrogens with one attached hydrogen (secondary N) is 1. The molecule has 3 heterocycles. The highest BCUT2D eigenvalue weighted by molar-refractivity contribution is 5.76. The lowest BCUT2D eigenvalue weighted by Crippen LogP contribution is -2.61. The summed E-state index contributed by atoms with van der Waals surface area (Å²) in [7, 11) is 2.20. The van der Waals surface area contributed by atoms with Gasteiger partial charge in [-0.3, -0.25) is 9.69 Å². The molecule has 1 saturated carbocycles. The van der Waals surface area contributed by atoms with Gasteiger partial charge in [0.25, 0.3) is 0 Å². The number of amides is 1. The summed E-state index contributed by atoms with van der Waals surface area (Å²) in [6.45, 7) is 3.62. The van der Waals surface area contributed by atoms with E-state index in [0.717, 1.165) is 45.0 Å². The Hall–Kier alpha value is -1.69. The van der Waals surface area contributed by atoms with Crippen LogP contribution in [0.3, 0.4) is 0 Å². The average Bonchev–Trinajstić information content (AvgIpc) is 3.10. The minimum absolute atomic E-state index is 0.0458. The molecule has 0 bridgehead atoms. The van der Waals surface area contributed by atoms with Crippen molar-refractivity contribution in [3.63, 3.8) is 0 Å². The summed E-state index contributed by atoms with van der Waals surface area (Å²) in [5.41, 5.74) is 1.26. The highest BCUT2D eigenvalue weighted by atomic mass is 16.1. The van der Waals surface area contributed by atoms with Crippen molar-refractivity contribution in [2.45, 2.75) is 56.4 Å². The molecule has 4 rings (SSSR count). The Balaban J connectivity index is 1.54. The molecule has 1 aliphatic carbocycles. The van der Waals surface area contributed by atoms with Crippen LogP contribution in [0.15, 0.2) is 12.3 Å². The van der Waals surface area contributed by atoms with E-state index in [1.54, 1.807) is 0 Å². The van der Waals surface area contributed by atoms with Gasteiger partial charge in [-0.1, -0.05) is 12.8 Å². The average molecular weight is 343 g/mol. The predicted octanol–water partition coefficient (Wildman–Crippen LogP) is 1.92. The van der Waals surface area contributed by atoms with Crippen LogP contribution in [-0.2, 0) is 4.79 Å². The first-order valence-corrected chi connectivity index (χ1v) is 9.72. The number of hydrogen-bond donors (Lipinski definition) is 1. The van der Waals surface area contributed by atoms with Crippen molar-refractivity contribution in [3.8, 4) is 0 Å². The third kappa shape index (κ3) is 3.36. The molecule has 1 aromatic rings. The maximum Gasteiger partial charge on any atom is 0.225 e. The van der Waals surface area contributed by atoms with Crippen LogP contribution in [0.25, 0.3) is 0 Å². The van der Waals surface area contributed by atoms with Gasteiger partial charge in [0.15, 0.2) is 0 Å². The Kier molecular flexibility index (Phi) is 4.63. The fourth-order valence-electron chi connectivity index (χ4n) is 4.73. The number of likely N-dealkylation sites (N-methyl/N-ethyl adjacent to an activating group) is 1. The molecule has 6 nitrogen and oxygen atoms in total. The Morgan fingerprint density at radius 3 is 2.92 bits per heavy atom. The van der Waals surface area contributed by atoms with Gasteiger partial charge >= 0.3 is 0 Å². The molecule has 1 aromatic heterocycles. The zero-order valence-corrected chi connectivity index (χ0v) is 15.2. The van der Waals surface area contributed by atoms with Gasteiger partial charge in [-0.15, -0.1) is 0 Å². The first kappa shape index (κ1) is 16.8. The van der Waals surface area contributed by atoms with Gasteiger partial charge in [0.05, 0.1) is 0 Å². The lowest BCUT2D eigenvalue weighted by atomic mass is 9.86. The van der Waals surface area contributed by atoms with Crippen LogP contribution in [-0.4, -0.2) is 59.5 Å². The summed E-state index contributed by atoms with van der Waals surface area (Å²) in [6, 6.07) is 2.10. The van der Waals surface area contributed by atoms with E-state index in [1.165, 1.54) is 31.4 Å². The van der Waals surface area contributed by atoms with Crippen molar-refractivity contribution in [1.29, 1.82) is 0 Å². The van der Waals surface area contributed by atoms with Crippen LogP contribution in [0.1, 0.15) is 56.6 Å². The molecule has 2 aliphatic heterocycles. The van der Waals surface area contributed by atoms with E-state index in [4.69, 9.17) is 4.98 Å². The Labute approximate surface area is 150 Å². The molecule has 0 unspecified atom stereocenters. The monoisotopic (exact) mass is 343 g/mol. The molecule has 1 atom stereocenters. The van der Waals surface area contributed by atoms with Gasteiger partial charge in [-0.25, -0.2) is 9.97 Å². The molecule has 2 saturated heterocycles. The highest BCUT2D eigenvalue weighted by Gasteiger charge is 2.41. The van der Waals surface area contributed by atoms with Gasteiger partial charge in [-0.05, 0) is 38.8 Å². The van der Waals surface area contributed by atoms with E-state index in [2.05, 4.69) is 33.2 Å². The summed E-state index contributed by atoms with van der Waals surface area (Å²) in [6.07, 6.45) is 9.61. The van der Waals surface area contributed by atoms with E-state index in [9.17, 15) is 4.79 Å². The Bertz CT molecular complexity index is 630. The summed E-state index contributed by atoms with van der Waals surface area (Å²) >= 11 is 0. The molecule has 136 valence electrons. The summed E-state index contributed by atoms with van der Waals surface area (Å²) < 4.78 is 0. The summed E-state index contributed by atoms with van der Waals surface area (Å²) in [5.74, 6) is 1.67. The molecular formula is C19H29N5O. The maximum atomic E-state index is 11.8. The molecule has 1 spiro atoms. The number of carbonyl (C=O) groups is 1. The van der Waals surface area contributed by atoms with Crippen molar-refractivity contribution in [1.82, 2.24) is 20.2 Å². The molecular weight excluding hydrogens is 314 g/mol. The van der Waals surface area contributed by atoms with Gasteiger partial charge in [0.2, 0.25) is 11.9 Å². The number of nitrogens with zero attached hydrogens (tertiary/aromatic N) is 4. The van der Waals surface area contributed by atoms with Gasteiger partial charge in [-0.2, -0.15) is 0 Å². The SMILES string of the molecule is CN1CCN(c2nccc(C3CCCC3)n2)C[C@]12CCNC(=O)CC2. The fraction of sp³-hybridized carbons (Fsp3) is 0.737. The van der Waals surface area contributed by atoms with Gasteiger partial charge in [0, 0.05) is 55.9 Å². The topological polar surface area (TPSA) is 61.4 Å². The minimum atomic E-state index is 0.0458. The van der Waals surface area contributed by atoms with E-state index in [1.807, 2.05) is 6.20 Å². The summed E-state index contributed by atoms with van der Waals surface area (Å²) in [4.78, 5) is 26.1. The van der Waals surface area contributed by atoms with Crippen LogP contribution in [0.4, 0.5) is 5.95 Å². The molecule has 6 heteroatoms. The van der Waals surface area contributed by atoms with Crippen LogP contribution < -0.4 is 10.2 Å². The molecule has 1 amide bonds. The standard InChI is InChI=1S/C19H29N5O/c1-23-12-13-24(14-19(23)8-6-17(25)20-11-9-19)18-21-10-7-16(22-18)15-4-2-3-5-15/h7,10,15H,2-6,8-9,11-14H2,1H3,(H,20,25)/t19-/m0/s1. The van der Waals surface area contributed by atoms with E-state index >= 15 is 0 Å². The van der Waals surface area contributed by atoms with Crippen molar-refractivity contribution in [3.05, 3.63) is 18.0 Å². The number of aromatic nitrogens is 2. The van der Waals surface area contributed by atoms with E-state index in [0.29, 0.717) is 12.3 Å². The van der Waals surface area contributed by atoms with Crippen molar-refractivity contribution >= 4 is 11.9 Å². The highest BCUT2D eigenvalue weighted by Crippen LogP contribution is 2.35. The normalized spacial score (nSPS) is 29.0. The molecule has 1 N–H and O–H groups in total. The largest absolute Gasteiger partial charge is 0.356 e. The van der Waals surface area contributed by atoms with Gasteiger partial charge in [0.1, 0.15) is 0 Å². The quantitative estimate of drug-likeness (QED) is 0.889. The zero-order chi connectivity index (χ0) is 17.3. The van der Waals surface area contributed by atoms with Gasteiger partial charge < -0.3 is 10.2 Å². The van der Waals surface area contributed by atoms with E-state index in [-0.39, 0.29) is 11.4 Å². The van der Waals surface area contributed by atoms with Crippen LogP contribution in [0, 0.1) is 0 Å². The second kappa shape index (κ2) is 6.90.